The van der Waals surface area contributed by atoms with E-state index < -0.39 is 5.97 Å². The maximum absolute atomic E-state index is 12.0. The van der Waals surface area contributed by atoms with Gasteiger partial charge in [0.15, 0.2) is 5.84 Å². The fraction of sp³-hybridized carbons (Fsp3) is 0.526. The first-order chi connectivity index (χ1) is 12.7. The second-order valence-electron chi connectivity index (χ2n) is 7.35. The summed E-state index contributed by atoms with van der Waals surface area (Å²) in [6.45, 7) is 7.48. The van der Waals surface area contributed by atoms with Gasteiger partial charge in [0.25, 0.3) is 11.9 Å². The molecule has 1 unspecified atom stereocenters. The Labute approximate surface area is 158 Å². The number of hydrogen-bond donors (Lipinski definition) is 2. The quantitative estimate of drug-likeness (QED) is 0.823. The number of aryl methyl sites for hydroxylation is 1. The topological polar surface area (TPSA) is 100 Å². The van der Waals surface area contributed by atoms with E-state index in [1.54, 1.807) is 0 Å². The van der Waals surface area contributed by atoms with Crippen LogP contribution in [0.3, 0.4) is 0 Å². The van der Waals surface area contributed by atoms with Crippen LogP contribution in [0.5, 0.6) is 11.5 Å². The average Bonchev–Trinajstić information content (AvgIpc) is 2.56. The summed E-state index contributed by atoms with van der Waals surface area (Å²) >= 11 is 0. The second kappa shape index (κ2) is 7.09. The van der Waals surface area contributed by atoms with Crippen molar-refractivity contribution in [2.75, 3.05) is 11.5 Å². The number of anilines is 1. The van der Waals surface area contributed by atoms with Gasteiger partial charge in [-0.15, -0.1) is 0 Å². The number of hydrogen-bond acceptors (Lipinski definition) is 6. The summed E-state index contributed by atoms with van der Waals surface area (Å²) in [6.07, 6.45) is 3.37. The number of benzene rings is 1. The molecule has 8 nitrogen and oxygen atoms in total. The van der Waals surface area contributed by atoms with Crippen LogP contribution in [0.4, 0.5) is 5.69 Å². The van der Waals surface area contributed by atoms with Gasteiger partial charge in [-0.3, -0.25) is 9.59 Å². The molecule has 27 heavy (non-hydrogen) atoms. The molecule has 3 aliphatic rings. The third-order valence-electron chi connectivity index (χ3n) is 4.98. The van der Waals surface area contributed by atoms with Gasteiger partial charge in [0.05, 0.1) is 5.69 Å². The predicted octanol–water partition coefficient (Wildman–Crippen LogP) is 2.44. The van der Waals surface area contributed by atoms with Crippen molar-refractivity contribution >= 4 is 23.4 Å². The monoisotopic (exact) mass is 375 g/mol. The van der Waals surface area contributed by atoms with Crippen molar-refractivity contribution in [3.05, 3.63) is 17.7 Å². The van der Waals surface area contributed by atoms with Crippen molar-refractivity contribution in [2.24, 2.45) is 5.10 Å². The predicted molar refractivity (Wildman–Crippen MR) is 100 cm³/mol. The number of carbonyl (C=O) groups excluding carboxylic acids is 1. The zero-order valence-corrected chi connectivity index (χ0v) is 16.0. The number of nitrogens with one attached hydrogen (secondary N) is 1. The largest absolute Gasteiger partial charge is 0.487 e. The summed E-state index contributed by atoms with van der Waals surface area (Å²) in [5.74, 6) is 1.40. The zero-order chi connectivity index (χ0) is 19.8. The third-order valence-corrected chi connectivity index (χ3v) is 4.98. The summed E-state index contributed by atoms with van der Waals surface area (Å²) in [4.78, 5) is 22.9. The zero-order valence-electron chi connectivity index (χ0n) is 16.0. The van der Waals surface area contributed by atoms with E-state index >= 15 is 0 Å². The van der Waals surface area contributed by atoms with Crippen LogP contribution in [0.2, 0.25) is 0 Å². The lowest BCUT2D eigenvalue weighted by molar-refractivity contribution is -0.134. The average molecular weight is 375 g/mol. The van der Waals surface area contributed by atoms with Crippen LogP contribution < -0.4 is 19.8 Å². The molecule has 2 N–H and O–H groups in total. The molecule has 0 spiro atoms. The van der Waals surface area contributed by atoms with E-state index in [0.717, 1.165) is 42.5 Å². The number of fused-ring (bicyclic) bond motifs is 3. The number of nitrogens with zero attached hydrogens (tertiary/aromatic N) is 2. The molecular weight excluding hydrogens is 350 g/mol. The second-order valence-corrected chi connectivity index (χ2v) is 7.35. The van der Waals surface area contributed by atoms with Gasteiger partial charge < -0.3 is 19.5 Å². The van der Waals surface area contributed by atoms with E-state index in [1.165, 1.54) is 6.42 Å². The van der Waals surface area contributed by atoms with Crippen molar-refractivity contribution in [1.82, 2.24) is 5.43 Å². The Morgan fingerprint density at radius 2 is 2.11 bits per heavy atom. The smallest absolute Gasteiger partial charge is 0.300 e. The van der Waals surface area contributed by atoms with Crippen LogP contribution in [0.1, 0.15) is 45.6 Å². The Bertz CT molecular complexity index is 797. The molecule has 1 atom stereocenters. The normalized spacial score (nSPS) is 21.8. The summed E-state index contributed by atoms with van der Waals surface area (Å²) < 4.78 is 12.1. The first-order valence-electron chi connectivity index (χ1n) is 9.02. The molecule has 1 aromatic rings. The summed E-state index contributed by atoms with van der Waals surface area (Å²) in [7, 11) is 0. The van der Waals surface area contributed by atoms with Crippen molar-refractivity contribution < 1.29 is 24.2 Å². The number of carboxylic acids is 1. The van der Waals surface area contributed by atoms with Crippen LogP contribution in [0.15, 0.2) is 17.2 Å². The van der Waals surface area contributed by atoms with Gasteiger partial charge in [0, 0.05) is 13.0 Å². The molecule has 8 heteroatoms. The Balaban J connectivity index is 0.000000481. The van der Waals surface area contributed by atoms with E-state index in [1.807, 2.05) is 30.9 Å². The molecule has 1 aliphatic carbocycles. The number of ether oxygens (including phenoxy) is 2. The molecule has 2 heterocycles. The molecular formula is C19H25N3O5. The van der Waals surface area contributed by atoms with Gasteiger partial charge in [-0.25, -0.2) is 5.43 Å². The van der Waals surface area contributed by atoms with Crippen molar-refractivity contribution in [3.8, 4) is 11.5 Å². The first-order valence-corrected chi connectivity index (χ1v) is 9.02. The van der Waals surface area contributed by atoms with E-state index in [-0.39, 0.29) is 17.6 Å². The van der Waals surface area contributed by atoms with E-state index in [0.29, 0.717) is 12.4 Å². The lowest BCUT2D eigenvalue weighted by Crippen LogP contribution is -2.55. The fourth-order valence-corrected chi connectivity index (χ4v) is 3.31. The molecule has 1 amide bonds. The molecule has 1 aromatic carbocycles. The molecule has 0 bridgehead atoms. The van der Waals surface area contributed by atoms with Crippen molar-refractivity contribution in [2.45, 2.75) is 58.6 Å². The van der Waals surface area contributed by atoms with Crippen LogP contribution >= 0.6 is 0 Å². The molecule has 2 aliphatic heterocycles. The number of carboxylic acid groups (broad SMARTS) is 1. The van der Waals surface area contributed by atoms with Crippen molar-refractivity contribution in [3.63, 3.8) is 0 Å². The lowest BCUT2D eigenvalue weighted by atomic mass is 9.82. The Kier molecular flexibility index (Phi) is 4.99. The summed E-state index contributed by atoms with van der Waals surface area (Å²) in [6, 6.07) is 3.65. The highest BCUT2D eigenvalue weighted by molar-refractivity contribution is 6.09. The molecule has 0 radical (unpaired) electrons. The maximum atomic E-state index is 12.0. The van der Waals surface area contributed by atoms with Crippen molar-refractivity contribution in [1.29, 1.82) is 0 Å². The Morgan fingerprint density at radius 3 is 2.70 bits per heavy atom. The van der Waals surface area contributed by atoms with Crippen LogP contribution in [0, 0.1) is 6.92 Å². The molecule has 146 valence electrons. The molecule has 0 aromatic heterocycles. The molecule has 1 fully saturated rings. The van der Waals surface area contributed by atoms with Gasteiger partial charge in [-0.2, -0.15) is 5.10 Å². The van der Waals surface area contributed by atoms with Gasteiger partial charge in [0.1, 0.15) is 29.7 Å². The van der Waals surface area contributed by atoms with Gasteiger partial charge >= 0.3 is 0 Å². The SMILES string of the molecule is CC(=O)O.Cc1cc2c(cc1OC1(C)CCC1)N1C(=NNC(=O)C1C)CO2. The van der Waals surface area contributed by atoms with Crippen LogP contribution in [-0.4, -0.2) is 41.1 Å². The summed E-state index contributed by atoms with van der Waals surface area (Å²) in [5, 5.41) is 11.5. The molecule has 0 saturated heterocycles. The van der Waals surface area contributed by atoms with Gasteiger partial charge in [-0.05, 0) is 51.7 Å². The number of amidine groups is 1. The molecule has 4 rings (SSSR count). The highest BCUT2D eigenvalue weighted by Crippen LogP contribution is 2.43. The highest BCUT2D eigenvalue weighted by atomic mass is 16.5. The highest BCUT2D eigenvalue weighted by Gasteiger charge is 2.37. The first kappa shape index (κ1) is 19.0. The van der Waals surface area contributed by atoms with Crippen LogP contribution in [-0.2, 0) is 9.59 Å². The number of carbonyl (C=O) groups is 2. The summed E-state index contributed by atoms with van der Waals surface area (Å²) in [5.41, 5.74) is 4.36. The minimum atomic E-state index is -0.833. The maximum Gasteiger partial charge on any atom is 0.300 e. The Morgan fingerprint density at radius 1 is 1.44 bits per heavy atom. The van der Waals surface area contributed by atoms with E-state index in [9.17, 15) is 4.79 Å². The van der Waals surface area contributed by atoms with Crippen LogP contribution in [0.25, 0.3) is 0 Å². The molecule has 1 saturated carbocycles. The lowest BCUT2D eigenvalue weighted by Gasteiger charge is -2.41. The van der Waals surface area contributed by atoms with E-state index in [4.69, 9.17) is 19.4 Å². The van der Waals surface area contributed by atoms with Gasteiger partial charge in [-0.1, -0.05) is 0 Å². The minimum Gasteiger partial charge on any atom is -0.487 e. The fourth-order valence-electron chi connectivity index (χ4n) is 3.31. The minimum absolute atomic E-state index is 0.0731. The Hall–Kier alpha value is -2.77. The number of aliphatic carboxylic acids is 1. The number of rotatable bonds is 2. The van der Waals surface area contributed by atoms with Gasteiger partial charge in [0.2, 0.25) is 0 Å². The standard InChI is InChI=1S/C17H21N3O3.C2H4O2/c1-10-7-14-12(8-13(10)23-17(3)5-4-6-17)20-11(2)16(21)19-18-15(20)9-22-14;1-2(3)4/h7-8,11H,4-6,9H2,1-3H3,(H,19,21);1H3,(H,3,4). The third kappa shape index (κ3) is 3.84. The number of hydrazone groups is 1. The van der Waals surface area contributed by atoms with E-state index in [2.05, 4.69) is 17.5 Å². The number of amides is 1.